The zero-order valence-electron chi connectivity index (χ0n) is 18.4. The lowest BCUT2D eigenvalue weighted by atomic mass is 9.99. The van der Waals surface area contributed by atoms with Crippen LogP contribution in [0.1, 0.15) is 50.8 Å². The normalized spacial score (nSPS) is 15.9. The minimum Gasteiger partial charge on any atom is -0.384 e. The summed E-state index contributed by atoms with van der Waals surface area (Å²) in [7, 11) is 0. The fourth-order valence-corrected chi connectivity index (χ4v) is 4.48. The highest BCUT2D eigenvalue weighted by molar-refractivity contribution is 6.30. The molecule has 5 rings (SSSR count). The molecule has 34 heavy (non-hydrogen) atoms. The van der Waals surface area contributed by atoms with Gasteiger partial charge < -0.3 is 10.0 Å². The summed E-state index contributed by atoms with van der Waals surface area (Å²) in [5, 5.41) is 11.6. The van der Waals surface area contributed by atoms with Gasteiger partial charge in [-0.25, -0.2) is 0 Å². The number of hydrogen-bond acceptors (Lipinski definition) is 4. The van der Waals surface area contributed by atoms with E-state index in [1.807, 2.05) is 18.2 Å². The Balaban J connectivity index is 1.48. The van der Waals surface area contributed by atoms with Gasteiger partial charge in [-0.15, -0.1) is 0 Å². The number of carbonyl (C=O) groups is 3. The standard InChI is InChI=1S/C27H23ClN2O4/c28-19-12-13-23(22(14-19)25(32)18-6-2-1-3-7-18)29(15-17-10-11-17)24(31)16-30-26(33)20-8-4-5-9-21(20)27(30)34/h1-9,12-14,17,25,32H,10-11,15-16H2/t25-/m0/s1. The average molecular weight is 475 g/mol. The molecule has 6 nitrogen and oxygen atoms in total. The van der Waals surface area contributed by atoms with Crippen LogP contribution in [0.3, 0.4) is 0 Å². The van der Waals surface area contributed by atoms with Crippen molar-refractivity contribution in [1.82, 2.24) is 4.90 Å². The van der Waals surface area contributed by atoms with Crippen LogP contribution in [0.25, 0.3) is 0 Å². The van der Waals surface area contributed by atoms with Gasteiger partial charge in [0.05, 0.1) is 11.1 Å². The van der Waals surface area contributed by atoms with E-state index in [0.29, 0.717) is 45.4 Å². The minimum absolute atomic E-state index is 0.306. The molecule has 0 radical (unpaired) electrons. The number of aliphatic hydroxyl groups is 1. The number of amides is 3. The molecule has 0 unspecified atom stereocenters. The second kappa shape index (κ2) is 9.05. The molecular weight excluding hydrogens is 452 g/mol. The Morgan fingerprint density at radius 1 is 0.971 bits per heavy atom. The van der Waals surface area contributed by atoms with Crippen LogP contribution >= 0.6 is 11.6 Å². The third-order valence-electron chi connectivity index (χ3n) is 6.30. The lowest BCUT2D eigenvalue weighted by Gasteiger charge is -2.28. The molecule has 1 saturated carbocycles. The number of carbonyl (C=O) groups excluding carboxylic acids is 3. The van der Waals surface area contributed by atoms with Gasteiger partial charge in [0.25, 0.3) is 11.8 Å². The van der Waals surface area contributed by atoms with Crippen molar-refractivity contribution >= 4 is 35.0 Å². The first-order valence-corrected chi connectivity index (χ1v) is 11.6. The summed E-state index contributed by atoms with van der Waals surface area (Å²) < 4.78 is 0. The molecule has 2 aliphatic rings. The molecule has 3 amide bonds. The molecule has 7 heteroatoms. The predicted octanol–water partition coefficient (Wildman–Crippen LogP) is 4.46. The van der Waals surface area contributed by atoms with Gasteiger partial charge >= 0.3 is 0 Å². The van der Waals surface area contributed by atoms with Crippen LogP contribution in [0.15, 0.2) is 72.8 Å². The van der Waals surface area contributed by atoms with E-state index in [-0.39, 0.29) is 12.5 Å². The molecule has 1 N–H and O–H groups in total. The van der Waals surface area contributed by atoms with Crippen LogP contribution in [-0.4, -0.2) is 40.8 Å². The van der Waals surface area contributed by atoms with Crippen molar-refractivity contribution in [3.8, 4) is 0 Å². The first-order chi connectivity index (χ1) is 16.4. The average Bonchev–Trinajstić information content (AvgIpc) is 3.66. The Labute approximate surface area is 202 Å². The summed E-state index contributed by atoms with van der Waals surface area (Å²) in [5.74, 6) is -0.990. The number of anilines is 1. The first-order valence-electron chi connectivity index (χ1n) is 11.2. The van der Waals surface area contributed by atoms with Crippen LogP contribution in [0, 0.1) is 5.92 Å². The summed E-state index contributed by atoms with van der Waals surface area (Å²) in [4.78, 5) is 41.8. The van der Waals surface area contributed by atoms with E-state index in [4.69, 9.17) is 11.6 Å². The summed E-state index contributed by atoms with van der Waals surface area (Å²) in [5.41, 5.74) is 2.30. The van der Waals surface area contributed by atoms with Crippen molar-refractivity contribution in [2.45, 2.75) is 18.9 Å². The van der Waals surface area contributed by atoms with E-state index in [9.17, 15) is 19.5 Å². The summed E-state index contributed by atoms with van der Waals surface area (Å²) in [6.45, 7) is 0.0701. The fraction of sp³-hybridized carbons (Fsp3) is 0.222. The van der Waals surface area contributed by atoms with Crippen LogP contribution in [-0.2, 0) is 4.79 Å². The van der Waals surface area contributed by atoms with E-state index < -0.39 is 17.9 Å². The first kappa shape index (κ1) is 22.3. The molecule has 0 saturated heterocycles. The Morgan fingerprint density at radius 3 is 2.21 bits per heavy atom. The Hall–Kier alpha value is -3.48. The third kappa shape index (κ3) is 4.22. The topological polar surface area (TPSA) is 77.9 Å². The third-order valence-corrected chi connectivity index (χ3v) is 6.54. The van der Waals surface area contributed by atoms with Crippen molar-refractivity contribution in [3.63, 3.8) is 0 Å². The van der Waals surface area contributed by atoms with Crippen molar-refractivity contribution in [2.24, 2.45) is 5.92 Å². The van der Waals surface area contributed by atoms with E-state index in [2.05, 4.69) is 0 Å². The maximum Gasteiger partial charge on any atom is 0.262 e. The molecule has 1 atom stereocenters. The maximum absolute atomic E-state index is 13.6. The summed E-state index contributed by atoms with van der Waals surface area (Å²) in [6.07, 6.45) is 1.01. The molecular formula is C27H23ClN2O4. The van der Waals surface area contributed by atoms with Gasteiger partial charge in [0.2, 0.25) is 5.91 Å². The van der Waals surface area contributed by atoms with Crippen molar-refractivity contribution in [1.29, 1.82) is 0 Å². The molecule has 3 aromatic rings. The molecule has 0 spiro atoms. The van der Waals surface area contributed by atoms with E-state index in [1.165, 1.54) is 0 Å². The van der Waals surface area contributed by atoms with Gasteiger partial charge in [0, 0.05) is 22.8 Å². The number of hydrogen-bond donors (Lipinski definition) is 1. The number of benzene rings is 3. The SMILES string of the molecule is O=C1c2ccccc2C(=O)N1CC(=O)N(CC1CC1)c1ccc(Cl)cc1[C@@H](O)c1ccccc1. The largest absolute Gasteiger partial charge is 0.384 e. The molecule has 3 aromatic carbocycles. The minimum atomic E-state index is -0.997. The van der Waals surface area contributed by atoms with E-state index >= 15 is 0 Å². The molecule has 0 aromatic heterocycles. The Kier molecular flexibility index (Phi) is 5.94. The van der Waals surface area contributed by atoms with Gasteiger partial charge in [-0.3, -0.25) is 19.3 Å². The molecule has 172 valence electrons. The predicted molar refractivity (Wildman–Crippen MR) is 129 cm³/mol. The van der Waals surface area contributed by atoms with E-state index in [1.54, 1.807) is 59.5 Å². The van der Waals surface area contributed by atoms with Crippen LogP contribution < -0.4 is 4.90 Å². The number of aliphatic hydroxyl groups excluding tert-OH is 1. The zero-order chi connectivity index (χ0) is 23.8. The highest BCUT2D eigenvalue weighted by Gasteiger charge is 2.38. The van der Waals surface area contributed by atoms with Gasteiger partial charge in [0.15, 0.2) is 0 Å². The number of fused-ring (bicyclic) bond motifs is 1. The smallest absolute Gasteiger partial charge is 0.262 e. The number of rotatable bonds is 7. The lowest BCUT2D eigenvalue weighted by Crippen LogP contribution is -2.44. The number of halogens is 1. The molecule has 1 aliphatic carbocycles. The summed E-state index contributed by atoms with van der Waals surface area (Å²) in [6, 6.07) is 20.8. The summed E-state index contributed by atoms with van der Waals surface area (Å²) >= 11 is 6.27. The quantitative estimate of drug-likeness (QED) is 0.513. The van der Waals surface area contributed by atoms with Crippen molar-refractivity contribution < 1.29 is 19.5 Å². The number of imide groups is 1. The van der Waals surface area contributed by atoms with Gasteiger partial charge in [0.1, 0.15) is 12.6 Å². The number of nitrogens with zero attached hydrogens (tertiary/aromatic N) is 2. The van der Waals surface area contributed by atoms with Crippen LogP contribution in [0.5, 0.6) is 0 Å². The van der Waals surface area contributed by atoms with Gasteiger partial charge in [-0.05, 0) is 54.7 Å². The van der Waals surface area contributed by atoms with Crippen LogP contribution in [0.4, 0.5) is 5.69 Å². The fourth-order valence-electron chi connectivity index (χ4n) is 4.30. The van der Waals surface area contributed by atoms with Crippen molar-refractivity contribution in [2.75, 3.05) is 18.0 Å². The maximum atomic E-state index is 13.6. The van der Waals surface area contributed by atoms with Gasteiger partial charge in [-0.2, -0.15) is 0 Å². The molecule has 0 bridgehead atoms. The highest BCUT2D eigenvalue weighted by atomic mass is 35.5. The molecule has 1 heterocycles. The Morgan fingerprint density at radius 2 is 1.59 bits per heavy atom. The molecule has 1 aliphatic heterocycles. The second-order valence-corrected chi connectivity index (χ2v) is 9.14. The van der Waals surface area contributed by atoms with Crippen LogP contribution in [0.2, 0.25) is 5.02 Å². The Bertz CT molecular complexity index is 1240. The van der Waals surface area contributed by atoms with Crippen molar-refractivity contribution in [3.05, 3.63) is 100 Å². The highest BCUT2D eigenvalue weighted by Crippen LogP contribution is 2.37. The lowest BCUT2D eigenvalue weighted by molar-refractivity contribution is -0.119. The monoisotopic (exact) mass is 474 g/mol. The zero-order valence-corrected chi connectivity index (χ0v) is 19.1. The molecule has 1 fully saturated rings. The van der Waals surface area contributed by atoms with E-state index in [0.717, 1.165) is 17.7 Å². The van der Waals surface area contributed by atoms with Gasteiger partial charge in [-0.1, -0.05) is 54.1 Å². The second-order valence-electron chi connectivity index (χ2n) is 8.71.